The zero-order chi connectivity index (χ0) is 24.3. The fraction of sp³-hybridized carbons (Fsp3) is 0.261. The van der Waals surface area contributed by atoms with E-state index in [0.29, 0.717) is 23.6 Å². The van der Waals surface area contributed by atoms with E-state index >= 15 is 0 Å². The van der Waals surface area contributed by atoms with Gasteiger partial charge in [0.1, 0.15) is 6.61 Å². The predicted octanol–water partition coefficient (Wildman–Crippen LogP) is 5.25. The van der Waals surface area contributed by atoms with E-state index in [0.717, 1.165) is 33.9 Å². The molecule has 0 aliphatic carbocycles. The highest BCUT2D eigenvalue weighted by Gasteiger charge is 2.31. The van der Waals surface area contributed by atoms with Gasteiger partial charge in [0.2, 0.25) is 12.7 Å². The number of anilines is 2. The van der Waals surface area contributed by atoms with E-state index in [9.17, 15) is 22.8 Å². The molecular weight excluding hydrogens is 473 g/mol. The predicted molar refractivity (Wildman–Crippen MR) is 117 cm³/mol. The second-order valence-corrected chi connectivity index (χ2v) is 8.21. The Bertz CT molecular complexity index is 1210. The van der Waals surface area contributed by atoms with Gasteiger partial charge in [-0.15, -0.1) is 11.3 Å². The molecule has 1 aliphatic rings. The molecule has 0 saturated heterocycles. The SMILES string of the molecule is CC(=O)N(c1cccc(C(F)(F)F)c1)c1nc(COC(=O)CCc2ccc3c(c2)OCO3)cs1. The third kappa shape index (κ3) is 5.48. The monoisotopic (exact) mass is 492 g/mol. The number of esters is 1. The van der Waals surface area contributed by atoms with Crippen molar-refractivity contribution in [3.05, 3.63) is 64.7 Å². The van der Waals surface area contributed by atoms with Crippen molar-refractivity contribution in [3.63, 3.8) is 0 Å². The number of carbonyl (C=O) groups excluding carboxylic acids is 2. The van der Waals surface area contributed by atoms with E-state index < -0.39 is 23.6 Å². The Labute approximate surface area is 196 Å². The van der Waals surface area contributed by atoms with Gasteiger partial charge >= 0.3 is 12.1 Å². The van der Waals surface area contributed by atoms with Gasteiger partial charge < -0.3 is 14.2 Å². The third-order valence-electron chi connectivity index (χ3n) is 4.91. The van der Waals surface area contributed by atoms with E-state index in [1.165, 1.54) is 19.1 Å². The van der Waals surface area contributed by atoms with Crippen LogP contribution in [0.4, 0.5) is 24.0 Å². The summed E-state index contributed by atoms with van der Waals surface area (Å²) < 4.78 is 55.0. The van der Waals surface area contributed by atoms with Crippen LogP contribution in [0.15, 0.2) is 47.8 Å². The average molecular weight is 492 g/mol. The number of aryl methyl sites for hydroxylation is 1. The molecule has 0 N–H and O–H groups in total. The lowest BCUT2D eigenvalue weighted by atomic mass is 10.1. The van der Waals surface area contributed by atoms with Crippen LogP contribution >= 0.6 is 11.3 Å². The van der Waals surface area contributed by atoms with Crippen LogP contribution in [0.1, 0.15) is 30.2 Å². The number of thiazole rings is 1. The second kappa shape index (κ2) is 9.72. The second-order valence-electron chi connectivity index (χ2n) is 7.37. The van der Waals surface area contributed by atoms with E-state index in [1.807, 2.05) is 12.1 Å². The first-order valence-electron chi connectivity index (χ1n) is 10.2. The van der Waals surface area contributed by atoms with Crippen LogP contribution in [-0.4, -0.2) is 23.7 Å². The fourth-order valence-corrected chi connectivity index (χ4v) is 4.15. The summed E-state index contributed by atoms with van der Waals surface area (Å²) in [5.41, 5.74) is 0.457. The molecule has 7 nitrogen and oxygen atoms in total. The molecule has 0 fully saturated rings. The Morgan fingerprint density at radius 1 is 1.15 bits per heavy atom. The molecule has 1 aliphatic heterocycles. The van der Waals surface area contributed by atoms with Crippen molar-refractivity contribution < 1.29 is 37.0 Å². The molecule has 11 heteroatoms. The van der Waals surface area contributed by atoms with Crippen molar-refractivity contribution in [1.29, 1.82) is 0 Å². The molecule has 34 heavy (non-hydrogen) atoms. The maximum Gasteiger partial charge on any atom is 0.416 e. The Hall–Kier alpha value is -3.60. The van der Waals surface area contributed by atoms with Crippen LogP contribution in [0.25, 0.3) is 0 Å². The molecule has 0 bridgehead atoms. The molecule has 0 saturated carbocycles. The number of fused-ring (bicyclic) bond motifs is 1. The number of carbonyl (C=O) groups is 2. The lowest BCUT2D eigenvalue weighted by molar-refractivity contribution is -0.145. The smallest absolute Gasteiger partial charge is 0.416 e. The normalized spacial score (nSPS) is 12.5. The van der Waals surface area contributed by atoms with Gasteiger partial charge in [0.15, 0.2) is 16.6 Å². The Morgan fingerprint density at radius 3 is 2.71 bits per heavy atom. The molecule has 178 valence electrons. The highest BCUT2D eigenvalue weighted by Crippen LogP contribution is 2.35. The van der Waals surface area contributed by atoms with Gasteiger partial charge in [-0.05, 0) is 42.3 Å². The molecule has 1 amide bonds. The molecule has 3 aromatic rings. The van der Waals surface area contributed by atoms with E-state index in [2.05, 4.69) is 4.98 Å². The first-order valence-corrected chi connectivity index (χ1v) is 11.0. The van der Waals surface area contributed by atoms with Crippen LogP contribution in [0.3, 0.4) is 0 Å². The summed E-state index contributed by atoms with van der Waals surface area (Å²) in [6, 6.07) is 9.88. The minimum Gasteiger partial charge on any atom is -0.459 e. The summed E-state index contributed by atoms with van der Waals surface area (Å²) in [5.74, 6) is 0.363. The van der Waals surface area contributed by atoms with Gasteiger partial charge in [-0.25, -0.2) is 4.98 Å². The highest BCUT2D eigenvalue weighted by atomic mass is 32.1. The number of alkyl halides is 3. The van der Waals surface area contributed by atoms with Gasteiger partial charge in [0.05, 0.1) is 16.9 Å². The van der Waals surface area contributed by atoms with Gasteiger partial charge in [-0.2, -0.15) is 13.2 Å². The first kappa shape index (κ1) is 23.6. The number of hydrogen-bond acceptors (Lipinski definition) is 7. The molecule has 0 unspecified atom stereocenters. The molecular formula is C23H19F3N2O5S. The molecule has 4 rings (SSSR count). The minimum atomic E-state index is -4.54. The number of halogens is 3. The average Bonchev–Trinajstić information content (AvgIpc) is 3.45. The van der Waals surface area contributed by atoms with Crippen LogP contribution in [0.2, 0.25) is 0 Å². The maximum absolute atomic E-state index is 13.1. The number of aromatic nitrogens is 1. The zero-order valence-corrected chi connectivity index (χ0v) is 18.7. The van der Waals surface area contributed by atoms with Gasteiger partial charge in [0.25, 0.3) is 0 Å². The van der Waals surface area contributed by atoms with Crippen molar-refractivity contribution >= 4 is 34.0 Å². The number of benzene rings is 2. The Kier molecular flexibility index (Phi) is 6.73. The number of amides is 1. The zero-order valence-electron chi connectivity index (χ0n) is 17.9. The molecule has 2 heterocycles. The third-order valence-corrected chi connectivity index (χ3v) is 5.79. The Morgan fingerprint density at radius 2 is 1.94 bits per heavy atom. The fourth-order valence-electron chi connectivity index (χ4n) is 3.28. The van der Waals surface area contributed by atoms with Crippen molar-refractivity contribution in [1.82, 2.24) is 4.98 Å². The van der Waals surface area contributed by atoms with E-state index in [-0.39, 0.29) is 30.6 Å². The molecule has 0 atom stereocenters. The molecule has 2 aromatic carbocycles. The number of ether oxygens (including phenoxy) is 3. The summed E-state index contributed by atoms with van der Waals surface area (Å²) in [6.07, 6.45) is -3.95. The first-order chi connectivity index (χ1) is 16.2. The van der Waals surface area contributed by atoms with Crippen LogP contribution in [-0.2, 0) is 33.5 Å². The summed E-state index contributed by atoms with van der Waals surface area (Å²) >= 11 is 1.06. The number of nitrogens with zero attached hydrogens (tertiary/aromatic N) is 2. The lowest BCUT2D eigenvalue weighted by Crippen LogP contribution is -2.23. The molecule has 0 radical (unpaired) electrons. The van der Waals surface area contributed by atoms with Gasteiger partial charge in [0, 0.05) is 18.7 Å². The summed E-state index contributed by atoms with van der Waals surface area (Å²) in [4.78, 5) is 29.7. The standard InChI is InChI=1S/C23H19F3N2O5S/c1-14(29)28(18-4-2-3-16(10-18)23(24,25)26)22-27-17(12-34-22)11-31-21(30)8-6-15-5-7-19-20(9-15)33-13-32-19/h2-5,7,9-10,12H,6,8,11,13H2,1H3. The van der Waals surface area contributed by atoms with Crippen LogP contribution in [0, 0.1) is 0 Å². The summed E-state index contributed by atoms with van der Waals surface area (Å²) in [6.45, 7) is 1.29. The topological polar surface area (TPSA) is 78.0 Å². The molecule has 0 spiro atoms. The van der Waals surface area contributed by atoms with Gasteiger partial charge in [-0.1, -0.05) is 12.1 Å². The van der Waals surface area contributed by atoms with Crippen molar-refractivity contribution in [2.24, 2.45) is 0 Å². The van der Waals surface area contributed by atoms with E-state index in [4.69, 9.17) is 14.2 Å². The van der Waals surface area contributed by atoms with Crippen molar-refractivity contribution in [3.8, 4) is 11.5 Å². The van der Waals surface area contributed by atoms with Crippen molar-refractivity contribution in [2.45, 2.75) is 32.5 Å². The van der Waals surface area contributed by atoms with Crippen molar-refractivity contribution in [2.75, 3.05) is 11.7 Å². The van der Waals surface area contributed by atoms with Crippen LogP contribution in [0.5, 0.6) is 11.5 Å². The lowest BCUT2D eigenvalue weighted by Gasteiger charge is -2.19. The summed E-state index contributed by atoms with van der Waals surface area (Å²) in [7, 11) is 0. The van der Waals surface area contributed by atoms with E-state index in [1.54, 1.807) is 11.4 Å². The molecule has 1 aromatic heterocycles. The minimum absolute atomic E-state index is 0.0453. The maximum atomic E-state index is 13.1. The van der Waals surface area contributed by atoms with Gasteiger partial charge in [-0.3, -0.25) is 14.5 Å². The largest absolute Gasteiger partial charge is 0.459 e. The number of rotatable bonds is 7. The number of hydrogen-bond donors (Lipinski definition) is 0. The Balaban J connectivity index is 1.36. The quantitative estimate of drug-likeness (QED) is 0.419. The van der Waals surface area contributed by atoms with Crippen LogP contribution < -0.4 is 14.4 Å². The summed E-state index contributed by atoms with van der Waals surface area (Å²) in [5, 5.41) is 1.77. The highest BCUT2D eigenvalue weighted by molar-refractivity contribution is 7.14.